The molecule has 5 heteroatoms. The van der Waals surface area contributed by atoms with E-state index in [9.17, 15) is 4.79 Å². The number of hydrogen-bond acceptors (Lipinski definition) is 5. The normalized spacial score (nSPS) is 17.2. The van der Waals surface area contributed by atoms with Gasteiger partial charge in [0.15, 0.2) is 17.3 Å². The molecule has 1 aliphatic rings. The number of likely N-dealkylation sites (tertiary alicyclic amines) is 1. The molecule has 156 valence electrons. The fraction of sp³-hybridized carbons (Fsp3) is 0.458. The summed E-state index contributed by atoms with van der Waals surface area (Å²) in [5, 5.41) is 0. The average Bonchev–Trinajstić information content (AvgIpc) is 2.73. The topological polar surface area (TPSA) is 48.0 Å². The minimum absolute atomic E-state index is 0.00495. The van der Waals surface area contributed by atoms with Crippen molar-refractivity contribution < 1.29 is 19.0 Å². The Kier molecular flexibility index (Phi) is 7.15. The maximum atomic E-state index is 13.1. The molecular weight excluding hydrogens is 366 g/mol. The van der Waals surface area contributed by atoms with Crippen LogP contribution in [0, 0.1) is 5.92 Å². The number of benzene rings is 2. The van der Waals surface area contributed by atoms with Gasteiger partial charge in [-0.15, -0.1) is 0 Å². The number of carbonyl (C=O) groups excluding carboxylic acids is 1. The molecule has 0 saturated carbocycles. The van der Waals surface area contributed by atoms with Gasteiger partial charge in [0.2, 0.25) is 0 Å². The summed E-state index contributed by atoms with van der Waals surface area (Å²) < 4.78 is 16.7. The lowest BCUT2D eigenvalue weighted by Gasteiger charge is -2.32. The van der Waals surface area contributed by atoms with Crippen molar-refractivity contribution in [1.29, 1.82) is 0 Å². The summed E-state index contributed by atoms with van der Waals surface area (Å²) in [4.78, 5) is 15.5. The van der Waals surface area contributed by atoms with Crippen LogP contribution in [-0.2, 0) is 6.54 Å². The minimum atomic E-state index is -0.00495. The predicted molar refractivity (Wildman–Crippen MR) is 114 cm³/mol. The second-order valence-corrected chi connectivity index (χ2v) is 7.79. The first-order valence-corrected chi connectivity index (χ1v) is 10.2. The molecule has 1 aliphatic heterocycles. The van der Waals surface area contributed by atoms with Crippen molar-refractivity contribution in [2.75, 3.05) is 27.3 Å². The van der Waals surface area contributed by atoms with Crippen LogP contribution in [0.3, 0.4) is 0 Å². The monoisotopic (exact) mass is 397 g/mol. The number of piperidine rings is 1. The first kappa shape index (κ1) is 21.2. The fourth-order valence-electron chi connectivity index (χ4n) is 3.96. The van der Waals surface area contributed by atoms with Crippen LogP contribution in [0.5, 0.6) is 17.2 Å². The van der Waals surface area contributed by atoms with Gasteiger partial charge in [-0.25, -0.2) is 0 Å². The van der Waals surface area contributed by atoms with Gasteiger partial charge in [0, 0.05) is 30.1 Å². The number of rotatable bonds is 8. The largest absolute Gasteiger partial charge is 0.493 e. The van der Waals surface area contributed by atoms with Gasteiger partial charge >= 0.3 is 0 Å². The fourth-order valence-corrected chi connectivity index (χ4v) is 3.96. The molecule has 0 radical (unpaired) electrons. The second kappa shape index (κ2) is 9.79. The lowest BCUT2D eigenvalue weighted by Crippen LogP contribution is -2.38. The third-order valence-electron chi connectivity index (χ3n) is 5.25. The van der Waals surface area contributed by atoms with Gasteiger partial charge < -0.3 is 14.2 Å². The van der Waals surface area contributed by atoms with Crippen molar-refractivity contribution in [2.24, 2.45) is 5.92 Å². The van der Waals surface area contributed by atoms with E-state index in [1.165, 1.54) is 0 Å². The zero-order valence-electron chi connectivity index (χ0n) is 17.8. The summed E-state index contributed by atoms with van der Waals surface area (Å²) in [5.41, 5.74) is 1.81. The van der Waals surface area contributed by atoms with Crippen LogP contribution in [0.15, 0.2) is 42.5 Å². The van der Waals surface area contributed by atoms with Gasteiger partial charge in [0.25, 0.3) is 0 Å². The number of Topliss-reactive ketones (excluding diaryl/α,β-unsaturated/α-hetero) is 1. The number of ketones is 1. The molecule has 0 spiro atoms. The zero-order chi connectivity index (χ0) is 20.8. The number of hydrogen-bond donors (Lipinski definition) is 0. The minimum Gasteiger partial charge on any atom is -0.493 e. The van der Waals surface area contributed by atoms with Gasteiger partial charge in [0.05, 0.1) is 20.3 Å². The number of nitrogens with zero attached hydrogens (tertiary/aromatic N) is 1. The lowest BCUT2D eigenvalue weighted by molar-refractivity contribution is 0.0810. The van der Waals surface area contributed by atoms with Crippen LogP contribution in [0.2, 0.25) is 0 Å². The molecule has 5 nitrogen and oxygen atoms in total. The summed E-state index contributed by atoms with van der Waals surface area (Å²) in [5.74, 6) is 2.44. The molecule has 3 rings (SSSR count). The third-order valence-corrected chi connectivity index (χ3v) is 5.25. The van der Waals surface area contributed by atoms with Crippen molar-refractivity contribution in [1.82, 2.24) is 4.90 Å². The van der Waals surface area contributed by atoms with E-state index in [1.54, 1.807) is 14.2 Å². The van der Waals surface area contributed by atoms with Crippen LogP contribution < -0.4 is 14.2 Å². The highest BCUT2D eigenvalue weighted by Gasteiger charge is 2.27. The molecule has 0 aromatic heterocycles. The highest BCUT2D eigenvalue weighted by atomic mass is 16.5. The highest BCUT2D eigenvalue weighted by molar-refractivity contribution is 5.98. The van der Waals surface area contributed by atoms with Crippen LogP contribution >= 0.6 is 0 Å². The predicted octanol–water partition coefficient (Wildman–Crippen LogP) is 4.59. The molecule has 2 aromatic rings. The van der Waals surface area contributed by atoms with E-state index in [-0.39, 0.29) is 17.8 Å². The van der Waals surface area contributed by atoms with E-state index >= 15 is 0 Å². The molecule has 1 heterocycles. The van der Waals surface area contributed by atoms with Crippen molar-refractivity contribution in [3.63, 3.8) is 0 Å². The molecular formula is C24H31NO4. The molecule has 0 aliphatic carbocycles. The average molecular weight is 398 g/mol. The van der Waals surface area contributed by atoms with E-state index in [4.69, 9.17) is 14.2 Å². The number of ether oxygens (including phenoxy) is 3. The molecule has 0 amide bonds. The SMILES string of the molecule is COc1cccc(CN2CCCC(C(=O)c3cccc(OC(C)C)c3)C2)c1OC. The van der Waals surface area contributed by atoms with Crippen LogP contribution in [0.25, 0.3) is 0 Å². The van der Waals surface area contributed by atoms with E-state index < -0.39 is 0 Å². The number of carbonyl (C=O) groups is 1. The van der Waals surface area contributed by atoms with E-state index in [0.29, 0.717) is 0 Å². The molecule has 0 N–H and O–H groups in total. The second-order valence-electron chi connectivity index (χ2n) is 7.79. The summed E-state index contributed by atoms with van der Waals surface area (Å²) in [6.45, 7) is 6.43. The van der Waals surface area contributed by atoms with Gasteiger partial charge in [-0.3, -0.25) is 9.69 Å². The zero-order valence-corrected chi connectivity index (χ0v) is 17.8. The maximum absolute atomic E-state index is 13.1. The van der Waals surface area contributed by atoms with Gasteiger partial charge in [0.1, 0.15) is 5.75 Å². The first-order valence-electron chi connectivity index (χ1n) is 10.2. The molecule has 1 unspecified atom stereocenters. The summed E-state index contributed by atoms with van der Waals surface area (Å²) in [7, 11) is 3.31. The Bertz CT molecular complexity index is 833. The molecule has 1 fully saturated rings. The third kappa shape index (κ3) is 5.30. The van der Waals surface area contributed by atoms with Crippen molar-refractivity contribution in [3.8, 4) is 17.2 Å². The van der Waals surface area contributed by atoms with Gasteiger partial charge in [-0.1, -0.05) is 24.3 Å². The molecule has 2 aromatic carbocycles. The van der Waals surface area contributed by atoms with Crippen LogP contribution in [-0.4, -0.2) is 44.1 Å². The number of methoxy groups -OCH3 is 2. The van der Waals surface area contributed by atoms with Crippen LogP contribution in [0.1, 0.15) is 42.6 Å². The Morgan fingerprint density at radius 3 is 2.66 bits per heavy atom. The Balaban J connectivity index is 1.70. The van der Waals surface area contributed by atoms with Gasteiger partial charge in [-0.2, -0.15) is 0 Å². The maximum Gasteiger partial charge on any atom is 0.167 e. The smallest absolute Gasteiger partial charge is 0.167 e. The van der Waals surface area contributed by atoms with E-state index in [2.05, 4.69) is 11.0 Å². The Labute approximate surface area is 173 Å². The van der Waals surface area contributed by atoms with Crippen molar-refractivity contribution in [3.05, 3.63) is 53.6 Å². The van der Waals surface area contributed by atoms with Crippen LogP contribution in [0.4, 0.5) is 0 Å². The quantitative estimate of drug-likeness (QED) is 0.610. The molecule has 0 bridgehead atoms. The lowest BCUT2D eigenvalue weighted by atomic mass is 9.89. The van der Waals surface area contributed by atoms with Crippen molar-refractivity contribution in [2.45, 2.75) is 39.3 Å². The summed E-state index contributed by atoms with van der Waals surface area (Å²) in [6.07, 6.45) is 2.01. The van der Waals surface area contributed by atoms with Gasteiger partial charge in [-0.05, 0) is 51.4 Å². The molecule has 29 heavy (non-hydrogen) atoms. The highest BCUT2D eigenvalue weighted by Crippen LogP contribution is 2.32. The Hall–Kier alpha value is -2.53. The van der Waals surface area contributed by atoms with E-state index in [0.717, 1.165) is 60.9 Å². The molecule has 1 atom stereocenters. The number of para-hydroxylation sites is 1. The summed E-state index contributed by atoms with van der Waals surface area (Å²) >= 11 is 0. The van der Waals surface area contributed by atoms with Crippen molar-refractivity contribution >= 4 is 5.78 Å². The first-order chi connectivity index (χ1) is 14.0. The Morgan fingerprint density at radius 2 is 1.93 bits per heavy atom. The molecule has 1 saturated heterocycles. The summed E-state index contributed by atoms with van der Waals surface area (Å²) in [6, 6.07) is 13.5. The van der Waals surface area contributed by atoms with E-state index in [1.807, 2.05) is 50.2 Å². The standard InChI is InChI=1S/C24H31NO4/c1-17(2)29-21-11-5-8-18(14-21)23(26)19-10-7-13-25(15-19)16-20-9-6-12-22(27-3)24(20)28-4/h5-6,8-9,11-12,14,17,19H,7,10,13,15-16H2,1-4H3. The Morgan fingerprint density at radius 1 is 1.14 bits per heavy atom.